The van der Waals surface area contributed by atoms with E-state index in [9.17, 15) is 8.42 Å². The SMILES string of the molecule is CS(=O)(=O)c1ccccc1CN=C(N)Nc1ccc2c(c1)OCCCO2. The number of nitrogens with one attached hydrogen (secondary N) is 1. The molecule has 1 aliphatic heterocycles. The largest absolute Gasteiger partial charge is 0.490 e. The molecule has 0 radical (unpaired) electrons. The molecule has 26 heavy (non-hydrogen) atoms. The van der Waals surface area contributed by atoms with Gasteiger partial charge in [-0.3, -0.25) is 0 Å². The van der Waals surface area contributed by atoms with Crippen molar-refractivity contribution >= 4 is 21.5 Å². The van der Waals surface area contributed by atoms with Gasteiger partial charge in [0.15, 0.2) is 27.3 Å². The number of hydrogen-bond donors (Lipinski definition) is 2. The number of nitrogens with zero attached hydrogens (tertiary/aromatic N) is 1. The van der Waals surface area contributed by atoms with Crippen molar-refractivity contribution in [2.45, 2.75) is 17.9 Å². The first kappa shape index (κ1) is 18.1. The van der Waals surface area contributed by atoms with Crippen LogP contribution in [0.3, 0.4) is 0 Å². The van der Waals surface area contributed by atoms with Gasteiger partial charge >= 0.3 is 0 Å². The molecule has 8 heteroatoms. The maximum atomic E-state index is 11.8. The molecule has 1 heterocycles. The van der Waals surface area contributed by atoms with E-state index in [1.54, 1.807) is 30.3 Å². The Hall–Kier alpha value is -2.74. The fraction of sp³-hybridized carbons (Fsp3) is 0.278. The van der Waals surface area contributed by atoms with Crippen molar-refractivity contribution in [3.8, 4) is 11.5 Å². The summed E-state index contributed by atoms with van der Waals surface area (Å²) < 4.78 is 34.9. The third kappa shape index (κ3) is 4.45. The van der Waals surface area contributed by atoms with E-state index in [-0.39, 0.29) is 17.4 Å². The zero-order chi connectivity index (χ0) is 18.6. The van der Waals surface area contributed by atoms with Crippen LogP contribution in [0.4, 0.5) is 5.69 Å². The maximum Gasteiger partial charge on any atom is 0.193 e. The molecule has 2 aromatic rings. The molecule has 0 bridgehead atoms. The number of anilines is 1. The highest BCUT2D eigenvalue weighted by Gasteiger charge is 2.13. The van der Waals surface area contributed by atoms with Crippen LogP contribution < -0.4 is 20.5 Å². The standard InChI is InChI=1S/C18H21N3O4S/c1-26(22,23)17-6-3-2-5-13(17)12-20-18(19)21-14-7-8-15-16(11-14)25-10-4-9-24-15/h2-3,5-8,11H,4,9-10,12H2,1H3,(H3,19,20,21). The van der Waals surface area contributed by atoms with Crippen LogP contribution in [0, 0.1) is 0 Å². The van der Waals surface area contributed by atoms with E-state index in [1.807, 2.05) is 12.1 Å². The first-order valence-electron chi connectivity index (χ1n) is 8.18. The summed E-state index contributed by atoms with van der Waals surface area (Å²) in [6.45, 7) is 1.39. The highest BCUT2D eigenvalue weighted by Crippen LogP contribution is 2.32. The second kappa shape index (κ2) is 7.65. The van der Waals surface area contributed by atoms with E-state index in [0.717, 1.165) is 6.42 Å². The fourth-order valence-electron chi connectivity index (χ4n) is 2.59. The molecule has 0 atom stereocenters. The van der Waals surface area contributed by atoms with Crippen LogP contribution in [-0.4, -0.2) is 33.8 Å². The lowest BCUT2D eigenvalue weighted by Crippen LogP contribution is -2.22. The molecule has 0 saturated heterocycles. The molecule has 2 aromatic carbocycles. The van der Waals surface area contributed by atoms with E-state index < -0.39 is 9.84 Å². The van der Waals surface area contributed by atoms with Crippen molar-refractivity contribution in [3.05, 3.63) is 48.0 Å². The van der Waals surface area contributed by atoms with Gasteiger partial charge in [0.1, 0.15) is 0 Å². The van der Waals surface area contributed by atoms with E-state index >= 15 is 0 Å². The molecular weight excluding hydrogens is 354 g/mol. The number of hydrogen-bond acceptors (Lipinski definition) is 5. The first-order valence-corrected chi connectivity index (χ1v) is 10.1. The van der Waals surface area contributed by atoms with Gasteiger partial charge in [-0.2, -0.15) is 0 Å². The molecule has 3 N–H and O–H groups in total. The third-order valence-corrected chi connectivity index (χ3v) is 5.01. The normalized spacial score (nSPS) is 14.6. The van der Waals surface area contributed by atoms with Gasteiger partial charge in [0.05, 0.1) is 24.7 Å². The summed E-state index contributed by atoms with van der Waals surface area (Å²) in [7, 11) is -3.31. The fourth-order valence-corrected chi connectivity index (χ4v) is 3.53. The van der Waals surface area contributed by atoms with Gasteiger partial charge in [-0.25, -0.2) is 13.4 Å². The van der Waals surface area contributed by atoms with Crippen LogP contribution in [0.15, 0.2) is 52.4 Å². The smallest absolute Gasteiger partial charge is 0.193 e. The summed E-state index contributed by atoms with van der Waals surface area (Å²) >= 11 is 0. The number of fused-ring (bicyclic) bond motifs is 1. The van der Waals surface area contributed by atoms with Crippen LogP contribution in [-0.2, 0) is 16.4 Å². The summed E-state index contributed by atoms with van der Waals surface area (Å²) in [4.78, 5) is 4.50. The van der Waals surface area contributed by atoms with Crippen molar-refractivity contribution in [1.29, 1.82) is 0 Å². The minimum Gasteiger partial charge on any atom is -0.490 e. The second-order valence-corrected chi connectivity index (χ2v) is 7.90. The topological polar surface area (TPSA) is 103 Å². The van der Waals surface area contributed by atoms with Crippen LogP contribution in [0.25, 0.3) is 0 Å². The van der Waals surface area contributed by atoms with Gasteiger partial charge in [0.25, 0.3) is 0 Å². The summed E-state index contributed by atoms with van der Waals surface area (Å²) in [6, 6.07) is 12.2. The quantitative estimate of drug-likeness (QED) is 0.627. The molecule has 0 saturated carbocycles. The van der Waals surface area contributed by atoms with Crippen molar-refractivity contribution < 1.29 is 17.9 Å². The Labute approximate surface area is 152 Å². The Morgan fingerprint density at radius 1 is 1.15 bits per heavy atom. The maximum absolute atomic E-state index is 11.8. The lowest BCUT2D eigenvalue weighted by molar-refractivity contribution is 0.297. The second-order valence-electron chi connectivity index (χ2n) is 5.92. The van der Waals surface area contributed by atoms with E-state index in [2.05, 4.69) is 10.3 Å². The predicted octanol–water partition coefficient (Wildman–Crippen LogP) is 2.18. The summed E-state index contributed by atoms with van der Waals surface area (Å²) in [5.41, 5.74) is 7.25. The van der Waals surface area contributed by atoms with Crippen LogP contribution in [0.5, 0.6) is 11.5 Å². The molecule has 0 fully saturated rings. The molecule has 0 amide bonds. The molecule has 7 nitrogen and oxygen atoms in total. The Kier molecular flexibility index (Phi) is 5.32. The highest BCUT2D eigenvalue weighted by molar-refractivity contribution is 7.90. The first-order chi connectivity index (χ1) is 12.4. The molecule has 0 aliphatic carbocycles. The lowest BCUT2D eigenvalue weighted by Gasteiger charge is -2.11. The van der Waals surface area contributed by atoms with Crippen LogP contribution in [0.2, 0.25) is 0 Å². The monoisotopic (exact) mass is 375 g/mol. The van der Waals surface area contributed by atoms with Gasteiger partial charge in [-0.1, -0.05) is 18.2 Å². The Bertz CT molecular complexity index is 926. The number of benzene rings is 2. The molecular formula is C18H21N3O4S. The van der Waals surface area contributed by atoms with Crippen LogP contribution in [0.1, 0.15) is 12.0 Å². The summed E-state index contributed by atoms with van der Waals surface area (Å²) in [6.07, 6.45) is 2.01. The van der Waals surface area contributed by atoms with Gasteiger partial charge in [-0.05, 0) is 23.8 Å². The number of guanidine groups is 1. The molecule has 1 aliphatic rings. The molecule has 3 rings (SSSR count). The number of sulfone groups is 1. The Morgan fingerprint density at radius 2 is 1.88 bits per heavy atom. The van der Waals surface area contributed by atoms with E-state index in [4.69, 9.17) is 15.2 Å². The Balaban J connectivity index is 1.73. The summed E-state index contributed by atoms with van der Waals surface area (Å²) in [5.74, 6) is 1.54. The number of aliphatic imine (C=N–C) groups is 1. The van der Waals surface area contributed by atoms with Gasteiger partial charge < -0.3 is 20.5 Å². The van der Waals surface area contributed by atoms with Gasteiger partial charge in [-0.15, -0.1) is 0 Å². The highest BCUT2D eigenvalue weighted by atomic mass is 32.2. The zero-order valence-electron chi connectivity index (χ0n) is 14.4. The number of nitrogens with two attached hydrogens (primary N) is 1. The van der Waals surface area contributed by atoms with Gasteiger partial charge in [0, 0.05) is 24.4 Å². The average molecular weight is 375 g/mol. The van der Waals surface area contributed by atoms with Crippen molar-refractivity contribution in [2.24, 2.45) is 10.7 Å². The number of rotatable bonds is 4. The minimum atomic E-state index is -3.31. The molecule has 0 unspecified atom stereocenters. The molecule has 0 aromatic heterocycles. The summed E-state index contributed by atoms with van der Waals surface area (Å²) in [5, 5.41) is 2.98. The van der Waals surface area contributed by atoms with Crippen LogP contribution >= 0.6 is 0 Å². The lowest BCUT2D eigenvalue weighted by atomic mass is 10.2. The molecule has 0 spiro atoms. The predicted molar refractivity (Wildman–Crippen MR) is 101 cm³/mol. The van der Waals surface area contributed by atoms with Crippen molar-refractivity contribution in [1.82, 2.24) is 0 Å². The van der Waals surface area contributed by atoms with E-state index in [0.29, 0.717) is 36.0 Å². The zero-order valence-corrected chi connectivity index (χ0v) is 15.3. The third-order valence-electron chi connectivity index (χ3n) is 3.81. The number of ether oxygens (including phenoxy) is 2. The van der Waals surface area contributed by atoms with Gasteiger partial charge in [0.2, 0.25) is 0 Å². The minimum absolute atomic E-state index is 0.159. The van der Waals surface area contributed by atoms with Crippen molar-refractivity contribution in [2.75, 3.05) is 24.8 Å². The van der Waals surface area contributed by atoms with Crippen molar-refractivity contribution in [3.63, 3.8) is 0 Å². The average Bonchev–Trinajstić information content (AvgIpc) is 2.84. The van der Waals surface area contributed by atoms with E-state index in [1.165, 1.54) is 6.26 Å². The molecule has 138 valence electrons. The Morgan fingerprint density at radius 3 is 2.65 bits per heavy atom.